The summed E-state index contributed by atoms with van der Waals surface area (Å²) < 4.78 is 10.4. The summed E-state index contributed by atoms with van der Waals surface area (Å²) >= 11 is 1.26. The number of hydrogen-bond acceptors (Lipinski definition) is 6. The Labute approximate surface area is 179 Å². The summed E-state index contributed by atoms with van der Waals surface area (Å²) in [4.78, 5) is 29.3. The van der Waals surface area contributed by atoms with Crippen molar-refractivity contribution >= 4 is 34.0 Å². The van der Waals surface area contributed by atoms with Crippen LogP contribution in [-0.4, -0.2) is 31.0 Å². The quantitative estimate of drug-likeness (QED) is 0.592. The van der Waals surface area contributed by atoms with Gasteiger partial charge in [-0.05, 0) is 43.2 Å². The Kier molecular flexibility index (Phi) is 6.68. The van der Waals surface area contributed by atoms with Crippen LogP contribution in [0.2, 0.25) is 0 Å². The molecule has 1 heterocycles. The van der Waals surface area contributed by atoms with Crippen molar-refractivity contribution in [2.75, 3.05) is 24.9 Å². The molecule has 0 radical (unpaired) electrons. The van der Waals surface area contributed by atoms with Crippen molar-refractivity contribution < 1.29 is 19.1 Å². The Morgan fingerprint density at radius 2 is 1.73 bits per heavy atom. The lowest BCUT2D eigenvalue weighted by atomic mass is 10.1. The van der Waals surface area contributed by atoms with Gasteiger partial charge >= 0.3 is 0 Å². The standard InChI is InChI=1S/C22H23N3O4S/c1-13-6-5-7-19(14(13)2)24-20(26)10-16-12-30-22(23-16)25-21(27)15-8-17(28-3)11-18(9-15)29-4/h5-9,11-12H,10H2,1-4H3,(H,24,26)(H,23,25,27). The van der Waals surface area contributed by atoms with Crippen LogP contribution < -0.4 is 20.1 Å². The number of anilines is 2. The van der Waals surface area contributed by atoms with E-state index in [4.69, 9.17) is 9.47 Å². The topological polar surface area (TPSA) is 89.6 Å². The molecule has 2 aromatic carbocycles. The number of nitrogens with zero attached hydrogens (tertiary/aromatic N) is 1. The summed E-state index contributed by atoms with van der Waals surface area (Å²) in [5.74, 6) is 0.530. The first-order chi connectivity index (χ1) is 14.4. The van der Waals surface area contributed by atoms with E-state index >= 15 is 0 Å². The number of thiazole rings is 1. The molecule has 1 aromatic heterocycles. The zero-order valence-corrected chi connectivity index (χ0v) is 18.1. The van der Waals surface area contributed by atoms with Crippen LogP contribution in [0.4, 0.5) is 10.8 Å². The number of benzene rings is 2. The van der Waals surface area contributed by atoms with Gasteiger partial charge in [-0.3, -0.25) is 14.9 Å². The van der Waals surface area contributed by atoms with E-state index in [2.05, 4.69) is 15.6 Å². The van der Waals surface area contributed by atoms with E-state index in [1.165, 1.54) is 25.6 Å². The first-order valence-corrected chi connectivity index (χ1v) is 10.1. The van der Waals surface area contributed by atoms with Crippen molar-refractivity contribution in [3.8, 4) is 11.5 Å². The maximum absolute atomic E-state index is 12.6. The van der Waals surface area contributed by atoms with Crippen LogP contribution in [-0.2, 0) is 11.2 Å². The predicted molar refractivity (Wildman–Crippen MR) is 118 cm³/mol. The molecule has 2 N–H and O–H groups in total. The molecule has 0 bridgehead atoms. The maximum atomic E-state index is 12.6. The molecule has 0 spiro atoms. The lowest BCUT2D eigenvalue weighted by Crippen LogP contribution is -2.16. The zero-order valence-electron chi connectivity index (χ0n) is 17.2. The normalized spacial score (nSPS) is 10.4. The fraction of sp³-hybridized carbons (Fsp3) is 0.227. The second-order valence-electron chi connectivity index (χ2n) is 6.67. The highest BCUT2D eigenvalue weighted by atomic mass is 32.1. The van der Waals surface area contributed by atoms with Gasteiger partial charge in [0.15, 0.2) is 5.13 Å². The summed E-state index contributed by atoms with van der Waals surface area (Å²) in [6.07, 6.45) is 0.118. The van der Waals surface area contributed by atoms with Crippen molar-refractivity contribution in [3.63, 3.8) is 0 Å². The maximum Gasteiger partial charge on any atom is 0.257 e. The average molecular weight is 426 g/mol. The smallest absolute Gasteiger partial charge is 0.257 e. The summed E-state index contributed by atoms with van der Waals surface area (Å²) in [5.41, 5.74) is 3.90. The number of methoxy groups -OCH3 is 2. The first kappa shape index (κ1) is 21.3. The van der Waals surface area contributed by atoms with Gasteiger partial charge in [0, 0.05) is 22.7 Å². The van der Waals surface area contributed by atoms with E-state index in [-0.39, 0.29) is 18.2 Å². The number of carbonyl (C=O) groups is 2. The van der Waals surface area contributed by atoms with Gasteiger partial charge in [0.2, 0.25) is 5.91 Å². The molecule has 2 amide bonds. The number of carbonyl (C=O) groups excluding carboxylic acids is 2. The number of aromatic nitrogens is 1. The molecular formula is C22H23N3O4S. The van der Waals surface area contributed by atoms with Crippen LogP contribution in [0, 0.1) is 13.8 Å². The molecule has 0 aliphatic heterocycles. The van der Waals surface area contributed by atoms with Crippen molar-refractivity contribution in [1.82, 2.24) is 4.98 Å². The van der Waals surface area contributed by atoms with Gasteiger partial charge in [0.25, 0.3) is 5.91 Å². The number of rotatable bonds is 7. The molecule has 3 aromatic rings. The first-order valence-electron chi connectivity index (χ1n) is 9.24. The van der Waals surface area contributed by atoms with Crippen LogP contribution in [0.5, 0.6) is 11.5 Å². The Morgan fingerprint density at radius 3 is 2.40 bits per heavy atom. The third-order valence-corrected chi connectivity index (χ3v) is 5.41. The lowest BCUT2D eigenvalue weighted by molar-refractivity contribution is -0.115. The number of nitrogens with one attached hydrogen (secondary N) is 2. The highest BCUT2D eigenvalue weighted by Crippen LogP contribution is 2.24. The third kappa shape index (κ3) is 5.15. The second kappa shape index (κ2) is 9.41. The Hall–Kier alpha value is -3.39. The van der Waals surface area contributed by atoms with Gasteiger partial charge < -0.3 is 14.8 Å². The Morgan fingerprint density at radius 1 is 1.03 bits per heavy atom. The number of amides is 2. The molecule has 0 aliphatic carbocycles. The second-order valence-corrected chi connectivity index (χ2v) is 7.53. The van der Waals surface area contributed by atoms with E-state index < -0.39 is 0 Å². The van der Waals surface area contributed by atoms with Crippen LogP contribution in [0.3, 0.4) is 0 Å². The fourth-order valence-electron chi connectivity index (χ4n) is 2.80. The summed E-state index contributed by atoms with van der Waals surface area (Å²) in [6, 6.07) is 10.7. The van der Waals surface area contributed by atoms with E-state index in [1.807, 2.05) is 32.0 Å². The number of aryl methyl sites for hydroxylation is 1. The SMILES string of the molecule is COc1cc(OC)cc(C(=O)Nc2nc(CC(=O)Nc3cccc(C)c3C)cs2)c1. The minimum Gasteiger partial charge on any atom is -0.497 e. The summed E-state index contributed by atoms with van der Waals surface area (Å²) in [5, 5.41) is 7.83. The Balaban J connectivity index is 1.64. The lowest BCUT2D eigenvalue weighted by Gasteiger charge is -2.09. The molecule has 0 saturated carbocycles. The predicted octanol–water partition coefficient (Wildman–Crippen LogP) is 4.21. The minimum atomic E-state index is -0.340. The van der Waals surface area contributed by atoms with Gasteiger partial charge in [-0.15, -0.1) is 11.3 Å². The zero-order chi connectivity index (χ0) is 21.7. The molecule has 0 atom stereocenters. The molecular weight excluding hydrogens is 402 g/mol. The van der Waals surface area contributed by atoms with Crippen LogP contribution in [0.15, 0.2) is 41.8 Å². The molecule has 156 valence electrons. The molecule has 3 rings (SSSR count). The van der Waals surface area contributed by atoms with Crippen molar-refractivity contribution in [2.45, 2.75) is 20.3 Å². The van der Waals surface area contributed by atoms with Gasteiger partial charge in [-0.2, -0.15) is 0 Å². The van der Waals surface area contributed by atoms with Crippen molar-refractivity contribution in [2.24, 2.45) is 0 Å². The monoisotopic (exact) mass is 425 g/mol. The average Bonchev–Trinajstić information content (AvgIpc) is 3.17. The van der Waals surface area contributed by atoms with Crippen molar-refractivity contribution in [3.05, 3.63) is 64.2 Å². The van der Waals surface area contributed by atoms with Crippen LogP contribution in [0.25, 0.3) is 0 Å². The van der Waals surface area contributed by atoms with Crippen LogP contribution >= 0.6 is 11.3 Å². The largest absolute Gasteiger partial charge is 0.497 e. The summed E-state index contributed by atoms with van der Waals surface area (Å²) in [6.45, 7) is 3.97. The van der Waals surface area contributed by atoms with E-state index in [1.54, 1.807) is 23.6 Å². The number of ether oxygens (including phenoxy) is 2. The molecule has 30 heavy (non-hydrogen) atoms. The van der Waals surface area contributed by atoms with Crippen molar-refractivity contribution in [1.29, 1.82) is 0 Å². The number of hydrogen-bond donors (Lipinski definition) is 2. The molecule has 0 saturated heterocycles. The van der Waals surface area contributed by atoms with Gasteiger partial charge in [-0.25, -0.2) is 4.98 Å². The van der Waals surface area contributed by atoms with Gasteiger partial charge in [-0.1, -0.05) is 12.1 Å². The summed E-state index contributed by atoms with van der Waals surface area (Å²) in [7, 11) is 3.04. The van der Waals surface area contributed by atoms with E-state index in [0.29, 0.717) is 27.9 Å². The van der Waals surface area contributed by atoms with E-state index in [0.717, 1.165) is 16.8 Å². The molecule has 8 heteroatoms. The molecule has 0 fully saturated rings. The Bertz CT molecular complexity index is 1060. The highest BCUT2D eigenvalue weighted by Gasteiger charge is 2.14. The fourth-order valence-corrected chi connectivity index (χ4v) is 3.50. The van der Waals surface area contributed by atoms with Gasteiger partial charge in [0.05, 0.1) is 26.3 Å². The molecule has 0 aliphatic rings. The highest BCUT2D eigenvalue weighted by molar-refractivity contribution is 7.14. The van der Waals surface area contributed by atoms with E-state index in [9.17, 15) is 9.59 Å². The minimum absolute atomic E-state index is 0.118. The molecule has 0 unspecified atom stereocenters. The third-order valence-electron chi connectivity index (χ3n) is 4.61. The van der Waals surface area contributed by atoms with Gasteiger partial charge in [0.1, 0.15) is 11.5 Å². The van der Waals surface area contributed by atoms with Crippen LogP contribution in [0.1, 0.15) is 27.2 Å². The molecule has 7 nitrogen and oxygen atoms in total.